The predicted octanol–water partition coefficient (Wildman–Crippen LogP) is 3.26. The Kier molecular flexibility index (Phi) is 2.35. The monoisotopic (exact) mass is 174 g/mol. The second-order valence-electron chi connectivity index (χ2n) is 3.38. The summed E-state index contributed by atoms with van der Waals surface area (Å²) in [6, 6.07) is 8.18. The molecule has 0 aliphatic carbocycles. The first-order valence-corrected chi connectivity index (χ1v) is 4.81. The van der Waals surface area contributed by atoms with Crippen LogP contribution in [0.4, 0.5) is 0 Å². The maximum absolute atomic E-state index is 5.62. The highest BCUT2D eigenvalue weighted by atomic mass is 16.5. The normalized spacial score (nSPS) is 14.4. The van der Waals surface area contributed by atoms with E-state index in [0.29, 0.717) is 0 Å². The number of fused-ring (bicyclic) bond motifs is 1. The van der Waals surface area contributed by atoms with Crippen LogP contribution in [-0.4, -0.2) is 6.61 Å². The lowest BCUT2D eigenvalue weighted by atomic mass is 10.0. The van der Waals surface area contributed by atoms with Gasteiger partial charge in [-0.2, -0.15) is 0 Å². The first-order valence-electron chi connectivity index (χ1n) is 4.81. The summed E-state index contributed by atoms with van der Waals surface area (Å²) < 4.78 is 5.62. The SMILES string of the molecule is CCCC1=Cc2ccccc2OC1. The minimum atomic E-state index is 0.769. The third kappa shape index (κ3) is 1.74. The molecule has 1 heterocycles. The fourth-order valence-electron chi connectivity index (χ4n) is 1.63. The molecular weight excluding hydrogens is 160 g/mol. The van der Waals surface area contributed by atoms with Gasteiger partial charge in [-0.25, -0.2) is 0 Å². The third-order valence-corrected chi connectivity index (χ3v) is 2.26. The van der Waals surface area contributed by atoms with E-state index < -0.39 is 0 Å². The maximum atomic E-state index is 5.62. The highest BCUT2D eigenvalue weighted by Crippen LogP contribution is 2.26. The van der Waals surface area contributed by atoms with Crippen molar-refractivity contribution >= 4 is 6.08 Å². The molecule has 0 spiro atoms. The van der Waals surface area contributed by atoms with Crippen LogP contribution in [-0.2, 0) is 0 Å². The lowest BCUT2D eigenvalue weighted by Crippen LogP contribution is -2.06. The molecule has 68 valence electrons. The average Bonchev–Trinajstić information content (AvgIpc) is 2.18. The number of ether oxygens (including phenoxy) is 1. The van der Waals surface area contributed by atoms with Gasteiger partial charge in [0.1, 0.15) is 12.4 Å². The van der Waals surface area contributed by atoms with E-state index in [1.807, 2.05) is 18.2 Å². The average molecular weight is 174 g/mol. The molecule has 0 radical (unpaired) electrons. The standard InChI is InChI=1S/C12H14O/c1-2-5-10-8-11-6-3-4-7-12(11)13-9-10/h3-4,6-8H,2,5,9H2,1H3. The molecule has 1 aromatic rings. The smallest absolute Gasteiger partial charge is 0.127 e. The summed E-state index contributed by atoms with van der Waals surface area (Å²) in [5.41, 5.74) is 2.62. The molecule has 0 fully saturated rings. The van der Waals surface area contributed by atoms with Gasteiger partial charge in [-0.3, -0.25) is 0 Å². The minimum Gasteiger partial charge on any atom is -0.489 e. The highest BCUT2D eigenvalue weighted by Gasteiger charge is 2.08. The van der Waals surface area contributed by atoms with Crippen LogP contribution in [0, 0.1) is 0 Å². The van der Waals surface area contributed by atoms with Crippen LogP contribution >= 0.6 is 0 Å². The van der Waals surface area contributed by atoms with Crippen molar-refractivity contribution in [3.05, 3.63) is 35.4 Å². The van der Waals surface area contributed by atoms with Gasteiger partial charge in [-0.05, 0) is 24.1 Å². The van der Waals surface area contributed by atoms with Gasteiger partial charge in [0.2, 0.25) is 0 Å². The van der Waals surface area contributed by atoms with Gasteiger partial charge in [0.05, 0.1) is 0 Å². The number of para-hydroxylation sites is 1. The summed E-state index contributed by atoms with van der Waals surface area (Å²) in [5, 5.41) is 0. The van der Waals surface area contributed by atoms with Gasteiger partial charge >= 0.3 is 0 Å². The molecule has 1 aliphatic rings. The lowest BCUT2D eigenvalue weighted by molar-refractivity contribution is 0.342. The Morgan fingerprint density at radius 2 is 2.15 bits per heavy atom. The molecule has 1 nitrogen and oxygen atoms in total. The number of hydrogen-bond acceptors (Lipinski definition) is 1. The zero-order valence-electron chi connectivity index (χ0n) is 7.92. The summed E-state index contributed by atoms with van der Waals surface area (Å²) >= 11 is 0. The zero-order chi connectivity index (χ0) is 9.10. The molecule has 0 amide bonds. The number of benzene rings is 1. The van der Waals surface area contributed by atoms with E-state index in [0.717, 1.165) is 18.8 Å². The molecule has 0 saturated heterocycles. The van der Waals surface area contributed by atoms with E-state index in [-0.39, 0.29) is 0 Å². The lowest BCUT2D eigenvalue weighted by Gasteiger charge is -2.17. The van der Waals surface area contributed by atoms with Gasteiger partial charge in [-0.1, -0.05) is 31.5 Å². The molecule has 1 aromatic carbocycles. The Morgan fingerprint density at radius 3 is 3.00 bits per heavy atom. The second-order valence-corrected chi connectivity index (χ2v) is 3.38. The Morgan fingerprint density at radius 1 is 1.31 bits per heavy atom. The van der Waals surface area contributed by atoms with E-state index in [1.54, 1.807) is 0 Å². The molecule has 13 heavy (non-hydrogen) atoms. The molecule has 1 heteroatoms. The molecule has 0 saturated carbocycles. The number of hydrogen-bond donors (Lipinski definition) is 0. The van der Waals surface area contributed by atoms with Crippen molar-refractivity contribution in [2.75, 3.05) is 6.61 Å². The van der Waals surface area contributed by atoms with Gasteiger partial charge in [0.15, 0.2) is 0 Å². The summed E-state index contributed by atoms with van der Waals surface area (Å²) in [6.07, 6.45) is 4.59. The molecule has 0 unspecified atom stereocenters. The topological polar surface area (TPSA) is 9.23 Å². The van der Waals surface area contributed by atoms with Crippen molar-refractivity contribution in [3.8, 4) is 5.75 Å². The first-order chi connectivity index (χ1) is 6.40. The van der Waals surface area contributed by atoms with Gasteiger partial charge in [-0.15, -0.1) is 0 Å². The van der Waals surface area contributed by atoms with Crippen LogP contribution in [0.25, 0.3) is 6.08 Å². The Hall–Kier alpha value is -1.24. The maximum Gasteiger partial charge on any atom is 0.127 e. The molecular formula is C12H14O. The van der Waals surface area contributed by atoms with Gasteiger partial charge in [0.25, 0.3) is 0 Å². The molecule has 0 aromatic heterocycles. The first kappa shape index (κ1) is 8.36. The summed E-state index contributed by atoms with van der Waals surface area (Å²) in [5.74, 6) is 1.02. The van der Waals surface area contributed by atoms with Crippen LogP contribution in [0.1, 0.15) is 25.3 Å². The fourth-order valence-corrected chi connectivity index (χ4v) is 1.63. The van der Waals surface area contributed by atoms with Crippen LogP contribution in [0.5, 0.6) is 5.75 Å². The van der Waals surface area contributed by atoms with Gasteiger partial charge in [0, 0.05) is 5.56 Å². The van der Waals surface area contributed by atoms with Crippen LogP contribution in [0.2, 0.25) is 0 Å². The quantitative estimate of drug-likeness (QED) is 0.668. The van der Waals surface area contributed by atoms with Crippen molar-refractivity contribution in [1.29, 1.82) is 0 Å². The second kappa shape index (κ2) is 3.65. The van der Waals surface area contributed by atoms with Gasteiger partial charge < -0.3 is 4.74 Å². The van der Waals surface area contributed by atoms with Crippen molar-refractivity contribution in [3.63, 3.8) is 0 Å². The van der Waals surface area contributed by atoms with E-state index in [1.165, 1.54) is 17.6 Å². The molecule has 0 bridgehead atoms. The molecule has 0 N–H and O–H groups in total. The molecule has 0 atom stereocenters. The van der Waals surface area contributed by atoms with E-state index in [9.17, 15) is 0 Å². The number of rotatable bonds is 2. The van der Waals surface area contributed by atoms with E-state index >= 15 is 0 Å². The van der Waals surface area contributed by atoms with Crippen molar-refractivity contribution in [1.82, 2.24) is 0 Å². The van der Waals surface area contributed by atoms with Crippen LogP contribution in [0.3, 0.4) is 0 Å². The highest BCUT2D eigenvalue weighted by molar-refractivity contribution is 5.61. The molecule has 1 aliphatic heterocycles. The van der Waals surface area contributed by atoms with Crippen LogP contribution in [0.15, 0.2) is 29.8 Å². The minimum absolute atomic E-state index is 0.769. The van der Waals surface area contributed by atoms with E-state index in [2.05, 4.69) is 19.1 Å². The van der Waals surface area contributed by atoms with Crippen molar-refractivity contribution in [2.24, 2.45) is 0 Å². The summed E-state index contributed by atoms with van der Waals surface area (Å²) in [6.45, 7) is 2.96. The summed E-state index contributed by atoms with van der Waals surface area (Å²) in [7, 11) is 0. The largest absolute Gasteiger partial charge is 0.489 e. The van der Waals surface area contributed by atoms with Crippen LogP contribution < -0.4 is 4.74 Å². The Labute approximate surface area is 79.0 Å². The molecule has 2 rings (SSSR count). The fraction of sp³-hybridized carbons (Fsp3) is 0.333. The Balaban J connectivity index is 2.28. The Bertz CT molecular complexity index is 326. The zero-order valence-corrected chi connectivity index (χ0v) is 7.92. The van der Waals surface area contributed by atoms with Crippen molar-refractivity contribution < 1.29 is 4.74 Å². The third-order valence-electron chi connectivity index (χ3n) is 2.26. The van der Waals surface area contributed by atoms with E-state index in [4.69, 9.17) is 4.74 Å². The van der Waals surface area contributed by atoms with Crippen molar-refractivity contribution in [2.45, 2.75) is 19.8 Å². The predicted molar refractivity (Wildman–Crippen MR) is 54.8 cm³/mol. The summed E-state index contributed by atoms with van der Waals surface area (Å²) in [4.78, 5) is 0.